The van der Waals surface area contributed by atoms with Crippen molar-refractivity contribution in [3.8, 4) is 0 Å². The van der Waals surface area contributed by atoms with Gasteiger partial charge in [-0.1, -0.05) is 53.4 Å². The molecule has 1 aliphatic heterocycles. The van der Waals surface area contributed by atoms with Crippen molar-refractivity contribution in [2.45, 2.75) is 116 Å². The van der Waals surface area contributed by atoms with Gasteiger partial charge in [0.2, 0.25) is 0 Å². The molecule has 0 spiro atoms. The third-order valence-corrected chi connectivity index (χ3v) is 12.6. The van der Waals surface area contributed by atoms with E-state index in [4.69, 9.17) is 4.74 Å². The van der Waals surface area contributed by atoms with E-state index < -0.39 is 24.4 Å². The lowest BCUT2D eigenvalue weighted by atomic mass is 9.48. The predicted molar refractivity (Wildman–Crippen MR) is 137 cm³/mol. The molecule has 206 valence electrons. The standard InChI is InChI=1S/C30H50O6/c1-16(18-7-5-6-8-18)26(33)27(34)17(2)20-9-10-21-19-15-36-28(35)23-13-24(31)25(32)14-30(23,4)22(19)11-12-29(20,21)3/h16-27,31-34H,5-15H2,1-4H3/t16-,17-,19?,20+,21?,22?,23?,24-,25+,26+,27+,29+,30+/m0/s1. The van der Waals surface area contributed by atoms with Gasteiger partial charge in [-0.15, -0.1) is 0 Å². The lowest BCUT2D eigenvalue weighted by Crippen LogP contribution is -2.55. The monoisotopic (exact) mass is 506 g/mol. The number of esters is 1. The zero-order valence-electron chi connectivity index (χ0n) is 22.8. The average molecular weight is 507 g/mol. The van der Waals surface area contributed by atoms with Crippen molar-refractivity contribution in [2.75, 3.05) is 6.61 Å². The molecule has 0 aromatic heterocycles. The number of aliphatic hydroxyl groups excluding tert-OH is 4. The second-order valence-corrected chi connectivity index (χ2v) is 14.1. The quantitative estimate of drug-likeness (QED) is 0.421. The highest BCUT2D eigenvalue weighted by Gasteiger charge is 2.63. The van der Waals surface area contributed by atoms with E-state index in [1.807, 2.05) is 0 Å². The highest BCUT2D eigenvalue weighted by atomic mass is 16.5. The summed E-state index contributed by atoms with van der Waals surface area (Å²) in [6, 6.07) is 0. The van der Waals surface area contributed by atoms with Crippen molar-refractivity contribution in [2.24, 2.45) is 58.2 Å². The maximum absolute atomic E-state index is 13.1. The number of fused-ring (bicyclic) bond motifs is 5. The Morgan fingerprint density at radius 3 is 2.19 bits per heavy atom. The Morgan fingerprint density at radius 1 is 0.861 bits per heavy atom. The molecule has 0 radical (unpaired) electrons. The molecule has 5 rings (SSSR count). The Morgan fingerprint density at radius 2 is 1.50 bits per heavy atom. The molecular weight excluding hydrogens is 456 g/mol. The van der Waals surface area contributed by atoms with Gasteiger partial charge in [-0.25, -0.2) is 0 Å². The van der Waals surface area contributed by atoms with Crippen LogP contribution in [-0.4, -0.2) is 57.4 Å². The molecule has 4 aliphatic carbocycles. The Kier molecular flexibility index (Phi) is 7.33. The minimum Gasteiger partial charge on any atom is -0.465 e. The summed E-state index contributed by atoms with van der Waals surface area (Å²) < 4.78 is 5.89. The van der Waals surface area contributed by atoms with Crippen molar-refractivity contribution in [1.82, 2.24) is 0 Å². The molecule has 13 atom stereocenters. The van der Waals surface area contributed by atoms with E-state index in [1.54, 1.807) is 0 Å². The van der Waals surface area contributed by atoms with Crippen LogP contribution in [0.5, 0.6) is 0 Å². The minimum atomic E-state index is -0.864. The topological polar surface area (TPSA) is 107 Å². The number of carbonyl (C=O) groups excluding carboxylic acids is 1. The fourth-order valence-corrected chi connectivity index (χ4v) is 10.3. The van der Waals surface area contributed by atoms with E-state index in [0.29, 0.717) is 30.8 Å². The molecular formula is C30H50O6. The smallest absolute Gasteiger partial charge is 0.309 e. The highest BCUT2D eigenvalue weighted by Crippen LogP contribution is 2.66. The van der Waals surface area contributed by atoms with Crippen LogP contribution in [0.2, 0.25) is 0 Å². The molecule has 0 aromatic rings. The first kappa shape index (κ1) is 26.9. The molecule has 4 saturated carbocycles. The second kappa shape index (κ2) is 9.81. The minimum absolute atomic E-state index is 0.0127. The SMILES string of the molecule is C[C@H]([C@@H](O)[C@H](O)[C@@H](C)C1CCCC1)[C@H]1CCC2C3COC(=O)C4C[C@H](O)[C@H](O)C[C@]4(C)C3CC[C@@]21C. The van der Waals surface area contributed by atoms with Crippen LogP contribution in [-0.2, 0) is 9.53 Å². The maximum Gasteiger partial charge on any atom is 0.309 e. The van der Waals surface area contributed by atoms with Crippen molar-refractivity contribution in [1.29, 1.82) is 0 Å². The van der Waals surface area contributed by atoms with Crippen LogP contribution >= 0.6 is 0 Å². The van der Waals surface area contributed by atoms with E-state index >= 15 is 0 Å². The third kappa shape index (κ3) is 4.17. The first-order chi connectivity index (χ1) is 17.0. The molecule has 4 N–H and O–H groups in total. The van der Waals surface area contributed by atoms with Gasteiger partial charge in [0.05, 0.1) is 36.9 Å². The largest absolute Gasteiger partial charge is 0.465 e. The predicted octanol–water partition coefficient (Wildman–Crippen LogP) is 3.92. The number of hydrogen-bond acceptors (Lipinski definition) is 6. The molecule has 0 amide bonds. The Hall–Kier alpha value is -0.690. The van der Waals surface area contributed by atoms with Crippen molar-refractivity contribution in [3.05, 3.63) is 0 Å². The highest BCUT2D eigenvalue weighted by molar-refractivity contribution is 5.74. The fourth-order valence-electron chi connectivity index (χ4n) is 10.3. The van der Waals surface area contributed by atoms with Gasteiger partial charge in [-0.3, -0.25) is 4.79 Å². The zero-order chi connectivity index (χ0) is 26.0. The lowest BCUT2D eigenvalue weighted by molar-refractivity contribution is -0.162. The van der Waals surface area contributed by atoms with Crippen LogP contribution in [0.25, 0.3) is 0 Å². The summed E-state index contributed by atoms with van der Waals surface area (Å²) in [6.45, 7) is 9.22. The summed E-state index contributed by atoms with van der Waals surface area (Å²) in [6.07, 6.45) is 6.56. The normalized spacial score (nSPS) is 48.7. The van der Waals surface area contributed by atoms with E-state index in [0.717, 1.165) is 38.5 Å². The first-order valence-corrected chi connectivity index (χ1v) is 14.9. The molecule has 1 saturated heterocycles. The van der Waals surface area contributed by atoms with Crippen LogP contribution < -0.4 is 0 Å². The molecule has 1 heterocycles. The number of carbonyl (C=O) groups is 1. The van der Waals surface area contributed by atoms with Crippen molar-refractivity contribution >= 4 is 5.97 Å². The molecule has 0 bridgehead atoms. The van der Waals surface area contributed by atoms with Gasteiger partial charge in [0.25, 0.3) is 0 Å². The molecule has 6 heteroatoms. The lowest BCUT2D eigenvalue weighted by Gasteiger charge is -2.56. The second-order valence-electron chi connectivity index (χ2n) is 14.1. The van der Waals surface area contributed by atoms with Crippen molar-refractivity contribution < 1.29 is 30.0 Å². The molecule has 36 heavy (non-hydrogen) atoms. The molecule has 4 unspecified atom stereocenters. The Labute approximate surface area is 217 Å². The van der Waals surface area contributed by atoms with Gasteiger partial charge in [0.1, 0.15) is 0 Å². The average Bonchev–Trinajstić information content (AvgIpc) is 3.48. The van der Waals surface area contributed by atoms with E-state index in [-0.39, 0.29) is 52.8 Å². The summed E-state index contributed by atoms with van der Waals surface area (Å²) in [7, 11) is 0. The van der Waals surface area contributed by atoms with Gasteiger partial charge in [0.15, 0.2) is 0 Å². The molecule has 5 fully saturated rings. The van der Waals surface area contributed by atoms with E-state index in [1.165, 1.54) is 12.8 Å². The maximum atomic E-state index is 13.1. The summed E-state index contributed by atoms with van der Waals surface area (Å²) in [5.74, 6) is 1.32. The van der Waals surface area contributed by atoms with Crippen molar-refractivity contribution in [3.63, 3.8) is 0 Å². The number of ether oxygens (including phenoxy) is 1. The van der Waals surface area contributed by atoms with Gasteiger partial charge < -0.3 is 25.2 Å². The number of rotatable bonds is 5. The Balaban J connectivity index is 1.35. The number of cyclic esters (lactones) is 1. The van der Waals surface area contributed by atoms with Crippen LogP contribution in [0.15, 0.2) is 0 Å². The van der Waals surface area contributed by atoms with E-state index in [2.05, 4.69) is 27.7 Å². The summed E-state index contributed by atoms with van der Waals surface area (Å²) in [4.78, 5) is 13.1. The van der Waals surface area contributed by atoms with E-state index in [9.17, 15) is 25.2 Å². The first-order valence-electron chi connectivity index (χ1n) is 14.9. The summed E-state index contributed by atoms with van der Waals surface area (Å²) in [5.41, 5.74) is -0.332. The summed E-state index contributed by atoms with van der Waals surface area (Å²) in [5, 5.41) is 43.5. The van der Waals surface area contributed by atoms with Crippen LogP contribution in [0.3, 0.4) is 0 Å². The van der Waals surface area contributed by atoms with Gasteiger partial charge >= 0.3 is 5.97 Å². The van der Waals surface area contributed by atoms with Gasteiger partial charge in [-0.05, 0) is 90.8 Å². The van der Waals surface area contributed by atoms with Gasteiger partial charge in [-0.2, -0.15) is 0 Å². The zero-order valence-corrected chi connectivity index (χ0v) is 22.8. The fraction of sp³-hybridized carbons (Fsp3) is 0.967. The molecule has 0 aromatic carbocycles. The Bertz CT molecular complexity index is 811. The number of hydrogen-bond donors (Lipinski definition) is 4. The summed E-state index contributed by atoms with van der Waals surface area (Å²) >= 11 is 0. The van der Waals surface area contributed by atoms with Crippen LogP contribution in [0, 0.1) is 58.2 Å². The van der Waals surface area contributed by atoms with Crippen LogP contribution in [0.4, 0.5) is 0 Å². The van der Waals surface area contributed by atoms with Crippen LogP contribution in [0.1, 0.15) is 91.9 Å². The molecule has 6 nitrogen and oxygen atoms in total. The molecule has 5 aliphatic rings. The third-order valence-electron chi connectivity index (χ3n) is 12.6. The number of aliphatic hydroxyl groups is 4. The van der Waals surface area contributed by atoms with Gasteiger partial charge in [0, 0.05) is 0 Å².